The van der Waals surface area contributed by atoms with Gasteiger partial charge in [0.2, 0.25) is 5.91 Å². The molecular weight excluding hydrogens is 454 g/mol. The Kier molecular flexibility index (Phi) is 7.51. The maximum absolute atomic E-state index is 13.5. The Morgan fingerprint density at radius 2 is 1.86 bits per heavy atom. The van der Waals surface area contributed by atoms with E-state index in [-0.39, 0.29) is 23.9 Å². The molecule has 10 heteroatoms. The quantitative estimate of drug-likeness (QED) is 0.335. The number of nitrogens with zero attached hydrogens (tertiary/aromatic N) is 1. The number of benzene rings is 2. The summed E-state index contributed by atoms with van der Waals surface area (Å²) >= 11 is 0. The Morgan fingerprint density at radius 1 is 1.09 bits per heavy atom. The normalized spacial score (nSPS) is 15.3. The average molecular weight is 481 g/mol. The van der Waals surface area contributed by atoms with E-state index in [0.29, 0.717) is 35.0 Å². The van der Waals surface area contributed by atoms with Crippen molar-refractivity contribution in [1.82, 2.24) is 10.3 Å². The lowest BCUT2D eigenvalue weighted by atomic mass is 9.99. The summed E-state index contributed by atoms with van der Waals surface area (Å²) in [6.07, 6.45) is 3.14. The van der Waals surface area contributed by atoms with Crippen molar-refractivity contribution in [3.05, 3.63) is 77.5 Å². The molecule has 6 N–H and O–H groups in total. The number of halogens is 2. The molecule has 1 atom stereocenters. The molecular formula is C25H26F2N6O2. The largest absolute Gasteiger partial charge is 0.380 e. The molecule has 0 bridgehead atoms. The van der Waals surface area contributed by atoms with Crippen LogP contribution in [0.2, 0.25) is 0 Å². The maximum Gasteiger partial charge on any atom is 0.252 e. The molecule has 1 fully saturated rings. The summed E-state index contributed by atoms with van der Waals surface area (Å²) in [4.78, 5) is 28.6. The Hall–Kier alpha value is -4.05. The molecule has 0 unspecified atom stereocenters. The van der Waals surface area contributed by atoms with E-state index in [1.54, 1.807) is 24.3 Å². The minimum Gasteiger partial charge on any atom is -0.380 e. The summed E-state index contributed by atoms with van der Waals surface area (Å²) in [5.41, 5.74) is 7.62. The Balaban J connectivity index is 1.47. The number of nitrogens with one attached hydrogen (secondary N) is 4. The number of carbonyl (C=O) groups is 2. The van der Waals surface area contributed by atoms with Crippen molar-refractivity contribution in [3.8, 4) is 0 Å². The van der Waals surface area contributed by atoms with Crippen LogP contribution in [0.3, 0.4) is 0 Å². The number of rotatable bonds is 8. The van der Waals surface area contributed by atoms with Crippen molar-refractivity contribution in [2.75, 3.05) is 29.0 Å². The second kappa shape index (κ2) is 10.9. The molecule has 0 spiro atoms. The van der Waals surface area contributed by atoms with E-state index in [1.165, 1.54) is 18.3 Å². The smallest absolute Gasteiger partial charge is 0.252 e. The highest BCUT2D eigenvalue weighted by atomic mass is 19.1. The summed E-state index contributed by atoms with van der Waals surface area (Å²) in [5, 5.41) is 12.3. The zero-order valence-electron chi connectivity index (χ0n) is 18.9. The minimum atomic E-state index is -0.695. The van der Waals surface area contributed by atoms with Gasteiger partial charge in [0.15, 0.2) is 0 Å². The summed E-state index contributed by atoms with van der Waals surface area (Å²) in [6, 6.07) is 11.9. The molecule has 2 amide bonds. The van der Waals surface area contributed by atoms with Gasteiger partial charge in [0.05, 0.1) is 17.2 Å². The molecule has 1 saturated heterocycles. The van der Waals surface area contributed by atoms with Crippen molar-refractivity contribution in [1.29, 1.82) is 0 Å². The summed E-state index contributed by atoms with van der Waals surface area (Å²) in [6.45, 7) is 1.66. The van der Waals surface area contributed by atoms with Gasteiger partial charge in [0.25, 0.3) is 5.91 Å². The van der Waals surface area contributed by atoms with Crippen molar-refractivity contribution >= 4 is 34.7 Å². The van der Waals surface area contributed by atoms with E-state index in [0.717, 1.165) is 25.5 Å². The van der Waals surface area contributed by atoms with Crippen LogP contribution >= 0.6 is 0 Å². The molecule has 2 aromatic carbocycles. The van der Waals surface area contributed by atoms with Gasteiger partial charge in [-0.25, -0.2) is 13.8 Å². The van der Waals surface area contributed by atoms with Gasteiger partial charge in [0, 0.05) is 42.8 Å². The number of hydrogen-bond acceptors (Lipinski definition) is 6. The van der Waals surface area contributed by atoms with Gasteiger partial charge < -0.3 is 27.0 Å². The molecule has 0 aliphatic carbocycles. The number of piperidine rings is 1. The highest BCUT2D eigenvalue weighted by Gasteiger charge is 2.21. The highest BCUT2D eigenvalue weighted by Crippen LogP contribution is 2.24. The topological polar surface area (TPSA) is 121 Å². The first kappa shape index (κ1) is 24.1. The summed E-state index contributed by atoms with van der Waals surface area (Å²) in [5.74, 6) is -1.77. The van der Waals surface area contributed by atoms with Crippen LogP contribution in [0.4, 0.5) is 31.7 Å². The minimum absolute atomic E-state index is 0.0291. The fraction of sp³-hybridized carbons (Fsp3) is 0.240. The highest BCUT2D eigenvalue weighted by molar-refractivity contribution is 5.98. The molecule has 8 nitrogen and oxygen atoms in total. The van der Waals surface area contributed by atoms with Gasteiger partial charge in [-0.15, -0.1) is 0 Å². The van der Waals surface area contributed by atoms with E-state index in [2.05, 4.69) is 26.3 Å². The average Bonchev–Trinajstić information content (AvgIpc) is 2.83. The van der Waals surface area contributed by atoms with Crippen LogP contribution in [-0.2, 0) is 11.3 Å². The third kappa shape index (κ3) is 6.51. The van der Waals surface area contributed by atoms with Crippen LogP contribution in [0.25, 0.3) is 0 Å². The first-order chi connectivity index (χ1) is 16.9. The third-order valence-electron chi connectivity index (χ3n) is 5.64. The number of carbonyl (C=O) groups excluding carboxylic acids is 2. The zero-order chi connectivity index (χ0) is 24.8. The predicted molar refractivity (Wildman–Crippen MR) is 130 cm³/mol. The van der Waals surface area contributed by atoms with Crippen LogP contribution in [0.5, 0.6) is 0 Å². The van der Waals surface area contributed by atoms with E-state index >= 15 is 0 Å². The van der Waals surface area contributed by atoms with Gasteiger partial charge in [-0.05, 0) is 55.3 Å². The lowest BCUT2D eigenvalue weighted by molar-refractivity contribution is -0.120. The van der Waals surface area contributed by atoms with Gasteiger partial charge in [-0.3, -0.25) is 9.59 Å². The first-order valence-corrected chi connectivity index (χ1v) is 11.2. The fourth-order valence-electron chi connectivity index (χ4n) is 3.92. The van der Waals surface area contributed by atoms with E-state index in [4.69, 9.17) is 5.73 Å². The van der Waals surface area contributed by atoms with Crippen molar-refractivity contribution in [3.63, 3.8) is 0 Å². The molecule has 4 rings (SSSR count). The molecule has 1 aliphatic rings. The standard InChI is InChI=1S/C25H26F2N6O2/c26-17-7-15(8-18(27)9-17)12-30-22-11-23(31-14-21(22)24(28)34)32-19-4-1-5-20(10-19)33-25(35)16-3-2-6-29-13-16/h1,4-5,7-11,14,16,29H,2-3,6,12-13H2,(H2,28,34)(H,33,35)(H2,30,31,32)/t16-/m0/s1. The first-order valence-electron chi connectivity index (χ1n) is 11.2. The van der Waals surface area contributed by atoms with E-state index < -0.39 is 17.5 Å². The number of pyridine rings is 1. The third-order valence-corrected chi connectivity index (χ3v) is 5.64. The lowest BCUT2D eigenvalue weighted by Crippen LogP contribution is -2.37. The number of nitrogens with two attached hydrogens (primary N) is 1. The Labute approximate surface area is 201 Å². The number of aromatic nitrogens is 1. The van der Waals surface area contributed by atoms with Gasteiger partial charge >= 0.3 is 0 Å². The Bertz CT molecular complexity index is 1210. The SMILES string of the molecule is NC(=O)c1cnc(Nc2cccc(NC(=O)[C@H]3CCCNC3)c2)cc1NCc1cc(F)cc(F)c1. The van der Waals surface area contributed by atoms with Crippen LogP contribution in [0.15, 0.2) is 54.7 Å². The molecule has 3 aromatic rings. The summed E-state index contributed by atoms with van der Waals surface area (Å²) in [7, 11) is 0. The second-order valence-corrected chi connectivity index (χ2v) is 8.35. The van der Waals surface area contributed by atoms with Crippen LogP contribution in [-0.4, -0.2) is 29.9 Å². The molecule has 1 aliphatic heterocycles. The van der Waals surface area contributed by atoms with Gasteiger partial charge in [-0.1, -0.05) is 6.07 Å². The number of amides is 2. The molecule has 0 radical (unpaired) electrons. The second-order valence-electron chi connectivity index (χ2n) is 8.35. The molecule has 0 saturated carbocycles. The number of primary amides is 1. The molecule has 35 heavy (non-hydrogen) atoms. The van der Waals surface area contributed by atoms with Crippen LogP contribution in [0, 0.1) is 17.6 Å². The summed E-state index contributed by atoms with van der Waals surface area (Å²) < 4.78 is 27.0. The van der Waals surface area contributed by atoms with E-state index in [1.807, 2.05) is 6.07 Å². The zero-order valence-corrected chi connectivity index (χ0v) is 18.9. The Morgan fingerprint density at radius 3 is 2.57 bits per heavy atom. The lowest BCUT2D eigenvalue weighted by Gasteiger charge is -2.22. The maximum atomic E-state index is 13.5. The van der Waals surface area contributed by atoms with Gasteiger partial charge in [-0.2, -0.15) is 0 Å². The predicted octanol–water partition coefficient (Wildman–Crippen LogP) is 3.75. The van der Waals surface area contributed by atoms with Crippen molar-refractivity contribution in [2.45, 2.75) is 19.4 Å². The number of anilines is 4. The fourth-order valence-corrected chi connectivity index (χ4v) is 3.92. The molecule has 1 aromatic heterocycles. The van der Waals surface area contributed by atoms with Crippen LogP contribution < -0.4 is 27.0 Å². The van der Waals surface area contributed by atoms with Crippen LogP contribution in [0.1, 0.15) is 28.8 Å². The van der Waals surface area contributed by atoms with E-state index in [9.17, 15) is 18.4 Å². The monoisotopic (exact) mass is 480 g/mol. The molecule has 182 valence electrons. The number of hydrogen-bond donors (Lipinski definition) is 5. The van der Waals surface area contributed by atoms with Gasteiger partial charge in [0.1, 0.15) is 17.5 Å². The van der Waals surface area contributed by atoms with Crippen molar-refractivity contribution in [2.24, 2.45) is 11.7 Å². The molecule has 2 heterocycles. The van der Waals surface area contributed by atoms with Crippen molar-refractivity contribution < 1.29 is 18.4 Å².